The van der Waals surface area contributed by atoms with Gasteiger partial charge in [0.1, 0.15) is 0 Å². The lowest BCUT2D eigenvalue weighted by atomic mass is 9.56. The number of amides is 2. The molecule has 5 heteroatoms. The Balaban J connectivity index is 1.67. The van der Waals surface area contributed by atoms with E-state index in [1.807, 2.05) is 17.0 Å². The topological polar surface area (TPSA) is 54.5 Å². The summed E-state index contributed by atoms with van der Waals surface area (Å²) in [5.74, 6) is 0.487. The van der Waals surface area contributed by atoms with Gasteiger partial charge in [-0.05, 0) is 24.5 Å². The number of fused-ring (bicyclic) bond motifs is 1. The number of pyridine rings is 1. The van der Waals surface area contributed by atoms with E-state index < -0.39 is 0 Å². The first-order valence-corrected chi connectivity index (χ1v) is 8.60. The van der Waals surface area contributed by atoms with E-state index in [1.54, 1.807) is 12.4 Å². The molecule has 2 heterocycles. The van der Waals surface area contributed by atoms with Crippen molar-refractivity contribution in [3.63, 3.8) is 0 Å². The molecular formula is C18H27N3O2. The van der Waals surface area contributed by atoms with Gasteiger partial charge in [0.05, 0.1) is 6.10 Å². The summed E-state index contributed by atoms with van der Waals surface area (Å²) in [4.78, 5) is 18.9. The maximum atomic E-state index is 12.8. The van der Waals surface area contributed by atoms with Gasteiger partial charge in [0.15, 0.2) is 0 Å². The van der Waals surface area contributed by atoms with Gasteiger partial charge in [0.25, 0.3) is 0 Å². The largest absolute Gasteiger partial charge is 0.377 e. The number of hydrogen-bond donors (Lipinski definition) is 1. The molecule has 0 radical (unpaired) electrons. The van der Waals surface area contributed by atoms with Crippen LogP contribution in [0.2, 0.25) is 0 Å². The summed E-state index contributed by atoms with van der Waals surface area (Å²) in [6.45, 7) is 8.70. The van der Waals surface area contributed by atoms with Gasteiger partial charge in [0.2, 0.25) is 0 Å². The van der Waals surface area contributed by atoms with Gasteiger partial charge in [-0.1, -0.05) is 26.8 Å². The van der Waals surface area contributed by atoms with E-state index in [1.165, 1.54) is 0 Å². The van der Waals surface area contributed by atoms with E-state index in [2.05, 4.69) is 31.1 Å². The Bertz CT molecular complexity index is 546. The van der Waals surface area contributed by atoms with Crippen molar-refractivity contribution < 1.29 is 9.53 Å². The van der Waals surface area contributed by atoms with E-state index in [0.717, 1.165) is 31.6 Å². The molecule has 3 rings (SSSR count). The highest BCUT2D eigenvalue weighted by Gasteiger charge is 2.61. The maximum Gasteiger partial charge on any atom is 0.317 e. The third-order valence-electron chi connectivity index (χ3n) is 5.27. The van der Waals surface area contributed by atoms with Crippen LogP contribution in [0.25, 0.3) is 0 Å². The minimum atomic E-state index is 0.0270. The molecule has 1 saturated carbocycles. The first kappa shape index (κ1) is 16.2. The number of carbonyl (C=O) groups is 1. The van der Waals surface area contributed by atoms with Crippen molar-refractivity contribution >= 4 is 6.03 Å². The fourth-order valence-electron chi connectivity index (χ4n) is 4.32. The Morgan fingerprint density at radius 3 is 3.04 bits per heavy atom. The monoisotopic (exact) mass is 317 g/mol. The minimum Gasteiger partial charge on any atom is -0.377 e. The molecule has 23 heavy (non-hydrogen) atoms. The molecule has 1 N–H and O–H groups in total. The normalized spacial score (nSPS) is 27.9. The summed E-state index contributed by atoms with van der Waals surface area (Å²) in [6.07, 6.45) is 5.86. The second kappa shape index (κ2) is 6.48. The molecule has 5 nitrogen and oxygen atoms in total. The Morgan fingerprint density at radius 2 is 2.35 bits per heavy atom. The summed E-state index contributed by atoms with van der Waals surface area (Å²) in [5, 5.41) is 3.06. The second-order valence-corrected chi connectivity index (χ2v) is 7.22. The van der Waals surface area contributed by atoms with Crippen LogP contribution in [0.4, 0.5) is 4.79 Å². The third kappa shape index (κ3) is 2.94. The first-order chi connectivity index (χ1) is 11.1. The van der Waals surface area contributed by atoms with Crippen LogP contribution in [0.5, 0.6) is 0 Å². The molecule has 0 spiro atoms. The zero-order valence-electron chi connectivity index (χ0n) is 14.3. The molecule has 1 aromatic rings. The number of ether oxygens (including phenoxy) is 1. The minimum absolute atomic E-state index is 0.0270. The molecule has 2 fully saturated rings. The number of urea groups is 1. The lowest BCUT2D eigenvalue weighted by Gasteiger charge is -2.58. The molecule has 0 bridgehead atoms. The number of nitrogens with one attached hydrogen (secondary N) is 1. The molecule has 126 valence electrons. The Hall–Kier alpha value is -1.62. The summed E-state index contributed by atoms with van der Waals surface area (Å²) in [7, 11) is 0. The Kier molecular flexibility index (Phi) is 4.57. The second-order valence-electron chi connectivity index (χ2n) is 7.22. The highest BCUT2D eigenvalue weighted by atomic mass is 16.5. The average molecular weight is 317 g/mol. The summed E-state index contributed by atoms with van der Waals surface area (Å²) in [6, 6.07) is 4.16. The van der Waals surface area contributed by atoms with Gasteiger partial charge >= 0.3 is 6.03 Å². The van der Waals surface area contributed by atoms with Gasteiger partial charge in [-0.2, -0.15) is 0 Å². The quantitative estimate of drug-likeness (QED) is 0.908. The molecule has 1 saturated heterocycles. The van der Waals surface area contributed by atoms with Crippen LogP contribution in [0.15, 0.2) is 24.5 Å². The molecular weight excluding hydrogens is 290 g/mol. The van der Waals surface area contributed by atoms with Gasteiger partial charge in [0, 0.05) is 49.5 Å². The Labute approximate surface area is 138 Å². The molecule has 0 aromatic carbocycles. The van der Waals surface area contributed by atoms with Crippen LogP contribution in [0.3, 0.4) is 0 Å². The molecule has 2 aliphatic rings. The number of rotatable bonds is 5. The number of carbonyl (C=O) groups excluding carboxylic acids is 1. The van der Waals surface area contributed by atoms with Crippen molar-refractivity contribution in [2.24, 2.45) is 11.3 Å². The summed E-state index contributed by atoms with van der Waals surface area (Å²) in [5.41, 5.74) is 1.05. The fourth-order valence-corrected chi connectivity index (χ4v) is 4.32. The van der Waals surface area contributed by atoms with Gasteiger partial charge < -0.3 is 15.0 Å². The number of aromatic nitrogens is 1. The third-order valence-corrected chi connectivity index (χ3v) is 5.27. The van der Waals surface area contributed by atoms with Crippen molar-refractivity contribution in [2.45, 2.75) is 52.3 Å². The van der Waals surface area contributed by atoms with Crippen molar-refractivity contribution in [3.8, 4) is 0 Å². The van der Waals surface area contributed by atoms with E-state index in [0.29, 0.717) is 18.6 Å². The van der Waals surface area contributed by atoms with Gasteiger partial charge in [-0.25, -0.2) is 4.79 Å². The molecule has 0 unspecified atom stereocenters. The zero-order chi connectivity index (χ0) is 16.4. The first-order valence-electron chi connectivity index (χ1n) is 8.60. The molecule has 2 amide bonds. The highest BCUT2D eigenvalue weighted by molar-refractivity contribution is 5.75. The molecule has 3 atom stereocenters. The SMILES string of the molecule is CCCN(C(=O)NCc1cccnc1)[C@@H]1[C@H]2CCO[C@@H]2C1(C)C. The number of hydrogen-bond acceptors (Lipinski definition) is 3. The average Bonchev–Trinajstić information content (AvgIpc) is 2.99. The van der Waals surface area contributed by atoms with Crippen LogP contribution in [-0.2, 0) is 11.3 Å². The van der Waals surface area contributed by atoms with E-state index in [4.69, 9.17) is 4.74 Å². The van der Waals surface area contributed by atoms with Gasteiger partial charge in [-0.15, -0.1) is 0 Å². The smallest absolute Gasteiger partial charge is 0.317 e. The van der Waals surface area contributed by atoms with E-state index in [9.17, 15) is 4.79 Å². The number of nitrogens with zero attached hydrogens (tertiary/aromatic N) is 2. The summed E-state index contributed by atoms with van der Waals surface area (Å²) < 4.78 is 5.87. The standard InChI is InChI=1S/C18H27N3O2/c1-4-9-21(15-14-7-10-23-16(14)18(15,2)3)17(22)20-12-13-6-5-8-19-11-13/h5-6,8,11,14-16H,4,7,9-10,12H2,1-3H3,(H,20,22)/t14-,15-,16+/m1/s1. The van der Waals surface area contributed by atoms with Crippen molar-refractivity contribution in [1.29, 1.82) is 0 Å². The zero-order valence-corrected chi connectivity index (χ0v) is 14.3. The molecule has 1 aromatic heterocycles. The van der Waals surface area contributed by atoms with Crippen LogP contribution >= 0.6 is 0 Å². The van der Waals surface area contributed by atoms with Crippen LogP contribution < -0.4 is 5.32 Å². The van der Waals surface area contributed by atoms with Crippen molar-refractivity contribution in [3.05, 3.63) is 30.1 Å². The van der Waals surface area contributed by atoms with Crippen LogP contribution in [0.1, 0.15) is 39.2 Å². The van der Waals surface area contributed by atoms with Crippen LogP contribution in [0, 0.1) is 11.3 Å². The lowest BCUT2D eigenvalue weighted by Crippen LogP contribution is -2.68. The van der Waals surface area contributed by atoms with E-state index in [-0.39, 0.29) is 17.5 Å². The molecule has 1 aliphatic carbocycles. The lowest BCUT2D eigenvalue weighted by molar-refractivity contribution is -0.143. The van der Waals surface area contributed by atoms with Crippen molar-refractivity contribution in [2.75, 3.05) is 13.2 Å². The van der Waals surface area contributed by atoms with Gasteiger partial charge in [-0.3, -0.25) is 4.98 Å². The predicted octanol–water partition coefficient (Wildman–Crippen LogP) is 2.82. The highest BCUT2D eigenvalue weighted by Crippen LogP contribution is 2.54. The fraction of sp³-hybridized carbons (Fsp3) is 0.667. The van der Waals surface area contributed by atoms with E-state index >= 15 is 0 Å². The molecule has 1 aliphatic heterocycles. The van der Waals surface area contributed by atoms with Crippen LogP contribution in [-0.4, -0.2) is 41.2 Å². The van der Waals surface area contributed by atoms with Crippen molar-refractivity contribution in [1.82, 2.24) is 15.2 Å². The predicted molar refractivity (Wildman–Crippen MR) is 88.9 cm³/mol. The Morgan fingerprint density at radius 1 is 1.52 bits per heavy atom. The maximum absolute atomic E-state index is 12.8. The summed E-state index contributed by atoms with van der Waals surface area (Å²) >= 11 is 0.